The van der Waals surface area contributed by atoms with Crippen LogP contribution in [0.3, 0.4) is 0 Å². The fourth-order valence-corrected chi connectivity index (χ4v) is 3.27. The van der Waals surface area contributed by atoms with E-state index in [2.05, 4.69) is 45.9 Å². The van der Waals surface area contributed by atoms with Gasteiger partial charge in [0.2, 0.25) is 5.13 Å². The molecule has 0 radical (unpaired) electrons. The normalized spacial score (nSPS) is 17.8. The van der Waals surface area contributed by atoms with E-state index in [-0.39, 0.29) is 0 Å². The Hall–Kier alpha value is -1.94. The molecular weight excluding hydrogens is 266 g/mol. The molecule has 1 heterocycles. The average Bonchev–Trinajstić information content (AvgIpc) is 3.08. The van der Waals surface area contributed by atoms with Crippen LogP contribution in [0.5, 0.6) is 0 Å². The summed E-state index contributed by atoms with van der Waals surface area (Å²) in [4.78, 5) is 4.53. The van der Waals surface area contributed by atoms with E-state index in [9.17, 15) is 0 Å². The van der Waals surface area contributed by atoms with Gasteiger partial charge in [-0.2, -0.15) is 5.10 Å². The summed E-state index contributed by atoms with van der Waals surface area (Å²) in [5.74, 6) is 0. The van der Waals surface area contributed by atoms with Crippen molar-refractivity contribution in [3.8, 4) is 0 Å². The van der Waals surface area contributed by atoms with E-state index in [0.29, 0.717) is 0 Å². The van der Waals surface area contributed by atoms with Crippen LogP contribution in [0.25, 0.3) is 12.2 Å². The lowest BCUT2D eigenvalue weighted by Crippen LogP contribution is -2.19. The van der Waals surface area contributed by atoms with Crippen LogP contribution in [-0.2, 0) is 6.42 Å². The molecule has 102 valence electrons. The highest BCUT2D eigenvalue weighted by molar-refractivity contribution is 7.13. The molecule has 0 aliphatic heterocycles. The van der Waals surface area contributed by atoms with Crippen molar-refractivity contribution in [2.24, 2.45) is 5.10 Å². The molecule has 0 spiro atoms. The predicted octanol–water partition coefficient (Wildman–Crippen LogP) is 2.51. The van der Waals surface area contributed by atoms with Crippen molar-refractivity contribution >= 4 is 34.3 Å². The van der Waals surface area contributed by atoms with E-state index in [1.54, 1.807) is 11.3 Å². The fourth-order valence-electron chi connectivity index (χ4n) is 2.44. The van der Waals surface area contributed by atoms with Gasteiger partial charge >= 0.3 is 0 Å². The first-order valence-corrected chi connectivity index (χ1v) is 7.64. The predicted molar refractivity (Wildman–Crippen MR) is 86.6 cm³/mol. The van der Waals surface area contributed by atoms with E-state index in [4.69, 9.17) is 0 Å². The minimum absolute atomic E-state index is 0.850. The summed E-state index contributed by atoms with van der Waals surface area (Å²) in [5, 5.41) is 6.42. The van der Waals surface area contributed by atoms with Crippen LogP contribution < -0.4 is 15.3 Å². The number of thiazole rings is 1. The van der Waals surface area contributed by atoms with Crippen molar-refractivity contribution in [1.82, 2.24) is 4.98 Å². The molecule has 3 nitrogen and oxygen atoms in total. The highest BCUT2D eigenvalue weighted by Gasteiger charge is 2.16. The number of hydrogen-bond acceptors (Lipinski definition) is 4. The number of benzene rings is 1. The van der Waals surface area contributed by atoms with Crippen molar-refractivity contribution in [1.29, 1.82) is 0 Å². The van der Waals surface area contributed by atoms with Crippen LogP contribution in [0, 0.1) is 0 Å². The molecule has 1 aromatic heterocycles. The average molecular weight is 283 g/mol. The maximum absolute atomic E-state index is 4.54. The van der Waals surface area contributed by atoms with Gasteiger partial charge in [-0.25, -0.2) is 4.98 Å². The lowest BCUT2D eigenvalue weighted by atomic mass is 10.1. The summed E-state index contributed by atoms with van der Waals surface area (Å²) in [6, 6.07) is 8.47. The Morgan fingerprint density at radius 3 is 2.80 bits per heavy atom. The van der Waals surface area contributed by atoms with Crippen molar-refractivity contribution in [3.63, 3.8) is 0 Å². The Morgan fingerprint density at radius 1 is 1.20 bits per heavy atom. The maximum Gasteiger partial charge on any atom is 0.204 e. The lowest BCUT2D eigenvalue weighted by Gasteiger charge is -1.99. The Bertz CT molecular complexity index is 740. The largest absolute Gasteiger partial charge is 0.252 e. The van der Waals surface area contributed by atoms with E-state index in [1.165, 1.54) is 15.7 Å². The van der Waals surface area contributed by atoms with Gasteiger partial charge in [-0.15, -0.1) is 0 Å². The third kappa shape index (κ3) is 2.39. The Morgan fingerprint density at radius 2 is 2.05 bits per heavy atom. The van der Waals surface area contributed by atoms with Crippen LogP contribution >= 0.6 is 11.3 Å². The standard InChI is InChI=1S/C16H17N3S/c1-3-13-15(4-2)20-16(17-13)19-18-14-10-9-11-7-5-6-8-12(11)14/h3-8H,9-10H2,1-2H3,(H,17,19)/b13-3+,15-4+,18-14+. The van der Waals surface area contributed by atoms with Crippen LogP contribution in [0.4, 0.5) is 5.13 Å². The number of aryl methyl sites for hydroxylation is 1. The molecule has 1 aliphatic carbocycles. The third-order valence-corrected chi connectivity index (χ3v) is 4.50. The lowest BCUT2D eigenvalue weighted by molar-refractivity contribution is 1.09. The zero-order chi connectivity index (χ0) is 13.9. The minimum atomic E-state index is 0.850. The van der Waals surface area contributed by atoms with Gasteiger partial charge in [0.1, 0.15) is 0 Å². The van der Waals surface area contributed by atoms with Gasteiger partial charge in [-0.05, 0) is 32.3 Å². The number of nitrogens with zero attached hydrogens (tertiary/aromatic N) is 2. The number of hydrazone groups is 1. The molecule has 0 saturated heterocycles. The van der Waals surface area contributed by atoms with E-state index < -0.39 is 0 Å². The molecule has 4 heteroatoms. The molecule has 2 aromatic rings. The van der Waals surface area contributed by atoms with Crippen LogP contribution in [0.2, 0.25) is 0 Å². The second-order valence-corrected chi connectivity index (χ2v) is 5.70. The highest BCUT2D eigenvalue weighted by atomic mass is 32.1. The molecule has 0 saturated carbocycles. The summed E-state index contributed by atoms with van der Waals surface area (Å²) in [6.45, 7) is 4.04. The SMILES string of the molecule is C/C=c1/nc(N/N=C2\CCc3ccccc32)s/c1=C/C. The molecular formula is C16H17N3S. The maximum atomic E-state index is 4.54. The molecule has 0 bridgehead atoms. The second kappa shape index (κ2) is 5.59. The number of rotatable bonds is 2. The van der Waals surface area contributed by atoms with Crippen molar-refractivity contribution in [2.75, 3.05) is 5.43 Å². The fraction of sp³-hybridized carbons (Fsp3) is 0.250. The number of nitrogens with one attached hydrogen (secondary N) is 1. The van der Waals surface area contributed by atoms with Crippen LogP contribution in [0.1, 0.15) is 31.4 Å². The van der Waals surface area contributed by atoms with Crippen molar-refractivity contribution in [3.05, 3.63) is 45.3 Å². The number of fused-ring (bicyclic) bond motifs is 1. The minimum Gasteiger partial charge on any atom is -0.252 e. The van der Waals surface area contributed by atoms with Gasteiger partial charge in [-0.3, -0.25) is 5.43 Å². The molecule has 0 atom stereocenters. The molecule has 3 rings (SSSR count). The van der Waals surface area contributed by atoms with E-state index >= 15 is 0 Å². The van der Waals surface area contributed by atoms with Crippen molar-refractivity contribution in [2.45, 2.75) is 26.7 Å². The van der Waals surface area contributed by atoms with Crippen LogP contribution in [0.15, 0.2) is 29.4 Å². The molecule has 0 unspecified atom stereocenters. The first kappa shape index (κ1) is 13.1. The van der Waals surface area contributed by atoms with E-state index in [1.807, 2.05) is 19.9 Å². The van der Waals surface area contributed by atoms with E-state index in [0.717, 1.165) is 29.0 Å². The number of aromatic nitrogens is 1. The first-order chi connectivity index (χ1) is 9.81. The first-order valence-electron chi connectivity index (χ1n) is 6.82. The molecule has 20 heavy (non-hydrogen) atoms. The topological polar surface area (TPSA) is 37.3 Å². The Labute approximate surface area is 122 Å². The van der Waals surface area contributed by atoms with Gasteiger partial charge < -0.3 is 0 Å². The van der Waals surface area contributed by atoms with Gasteiger partial charge in [0.05, 0.1) is 15.6 Å². The van der Waals surface area contributed by atoms with Gasteiger partial charge in [0.15, 0.2) is 0 Å². The molecule has 1 aromatic carbocycles. The smallest absolute Gasteiger partial charge is 0.204 e. The molecule has 1 aliphatic rings. The summed E-state index contributed by atoms with van der Waals surface area (Å²) in [6.07, 6.45) is 6.18. The zero-order valence-electron chi connectivity index (χ0n) is 11.7. The third-order valence-electron chi connectivity index (χ3n) is 3.46. The zero-order valence-corrected chi connectivity index (χ0v) is 12.5. The summed E-state index contributed by atoms with van der Waals surface area (Å²) < 4.78 is 1.18. The molecule has 1 N–H and O–H groups in total. The Balaban J connectivity index is 1.88. The number of hydrogen-bond donors (Lipinski definition) is 1. The summed E-state index contributed by atoms with van der Waals surface area (Å²) in [5.41, 5.74) is 6.89. The summed E-state index contributed by atoms with van der Waals surface area (Å²) >= 11 is 1.63. The highest BCUT2D eigenvalue weighted by Crippen LogP contribution is 2.22. The van der Waals surface area contributed by atoms with Crippen molar-refractivity contribution < 1.29 is 0 Å². The second-order valence-electron chi connectivity index (χ2n) is 4.67. The quantitative estimate of drug-likeness (QED) is 0.860. The van der Waals surface area contributed by atoms with Gasteiger partial charge in [0.25, 0.3) is 0 Å². The van der Waals surface area contributed by atoms with Gasteiger partial charge in [0, 0.05) is 5.56 Å². The monoisotopic (exact) mass is 283 g/mol. The van der Waals surface area contributed by atoms with Gasteiger partial charge in [-0.1, -0.05) is 47.8 Å². The van der Waals surface area contributed by atoms with Crippen LogP contribution in [-0.4, -0.2) is 10.7 Å². The molecule has 0 amide bonds. The number of anilines is 1. The summed E-state index contributed by atoms with van der Waals surface area (Å²) in [7, 11) is 0. The molecule has 0 fully saturated rings. The Kier molecular flexibility index (Phi) is 3.65.